The molecule has 6 rings (SSSR count). The summed E-state index contributed by atoms with van der Waals surface area (Å²) in [5, 5.41) is 7.93. The average Bonchev–Trinajstić information content (AvgIpc) is 3.54. The molecule has 4 aromatic rings. The molecule has 0 saturated carbocycles. The van der Waals surface area contributed by atoms with Crippen molar-refractivity contribution in [1.82, 2.24) is 19.9 Å². The number of hydrogen-bond donors (Lipinski definition) is 1. The molecule has 0 radical (unpaired) electrons. The van der Waals surface area contributed by atoms with Crippen molar-refractivity contribution in [2.24, 2.45) is 5.92 Å². The van der Waals surface area contributed by atoms with Crippen LogP contribution in [-0.2, 0) is 11.3 Å². The van der Waals surface area contributed by atoms with E-state index >= 15 is 0 Å². The van der Waals surface area contributed by atoms with Gasteiger partial charge in [0.2, 0.25) is 12.7 Å². The predicted molar refractivity (Wildman–Crippen MR) is 137 cm³/mol. The highest BCUT2D eigenvalue weighted by molar-refractivity contribution is 5.81. The lowest BCUT2D eigenvalue weighted by molar-refractivity contribution is -0.125. The van der Waals surface area contributed by atoms with Gasteiger partial charge in [-0.3, -0.25) is 4.79 Å². The zero-order valence-corrected chi connectivity index (χ0v) is 20.5. The fourth-order valence-electron chi connectivity index (χ4n) is 5.15. The molecule has 0 bridgehead atoms. The van der Waals surface area contributed by atoms with Crippen molar-refractivity contribution in [2.45, 2.75) is 33.2 Å². The van der Waals surface area contributed by atoms with Gasteiger partial charge in [-0.1, -0.05) is 29.8 Å². The summed E-state index contributed by atoms with van der Waals surface area (Å²) in [6.45, 7) is 6.41. The molecule has 1 fully saturated rings. The number of aromatic nitrogens is 3. The molecule has 36 heavy (non-hydrogen) atoms. The lowest BCUT2D eigenvalue weighted by atomic mass is 9.97. The number of ether oxygens (including phenoxy) is 2. The lowest BCUT2D eigenvalue weighted by Gasteiger charge is -2.33. The number of benzene rings is 2. The maximum absolute atomic E-state index is 13.1. The topological polar surface area (TPSA) is 81.0 Å². The maximum Gasteiger partial charge on any atom is 0.231 e. The number of piperidine rings is 1. The minimum absolute atomic E-state index is 0.0637. The molecule has 1 amide bonds. The van der Waals surface area contributed by atoms with Crippen LogP contribution >= 0.6 is 0 Å². The summed E-state index contributed by atoms with van der Waals surface area (Å²) in [5.41, 5.74) is 6.42. The zero-order valence-electron chi connectivity index (χ0n) is 20.5. The molecule has 2 aliphatic heterocycles. The molecule has 184 valence electrons. The van der Waals surface area contributed by atoms with E-state index < -0.39 is 0 Å². The Morgan fingerprint density at radius 3 is 2.89 bits per heavy atom. The molecule has 8 heteroatoms. The van der Waals surface area contributed by atoms with Crippen molar-refractivity contribution in [3.8, 4) is 22.8 Å². The summed E-state index contributed by atoms with van der Waals surface area (Å²) in [5.74, 6) is 2.31. The van der Waals surface area contributed by atoms with Crippen LogP contribution in [0.25, 0.3) is 16.8 Å². The van der Waals surface area contributed by atoms with Crippen LogP contribution < -0.4 is 19.7 Å². The molecule has 0 aliphatic carbocycles. The number of carbonyl (C=O) groups excluding carboxylic acids is 1. The highest BCUT2D eigenvalue weighted by atomic mass is 16.7. The summed E-state index contributed by atoms with van der Waals surface area (Å²) < 4.78 is 12.7. The van der Waals surface area contributed by atoms with Crippen LogP contribution in [0.5, 0.6) is 11.5 Å². The molecule has 2 aliphatic rings. The second-order valence-electron chi connectivity index (χ2n) is 9.62. The first-order valence-electron chi connectivity index (χ1n) is 12.4. The van der Waals surface area contributed by atoms with Gasteiger partial charge in [-0.15, -0.1) is 0 Å². The third kappa shape index (κ3) is 4.23. The van der Waals surface area contributed by atoms with Crippen molar-refractivity contribution in [2.75, 3.05) is 24.8 Å². The van der Waals surface area contributed by atoms with Gasteiger partial charge in [0.1, 0.15) is 5.52 Å². The zero-order chi connectivity index (χ0) is 24.6. The standard InChI is InChI=1S/C28H29N5O3/c1-18-5-7-22(19(2)12-18)23-14-24-27(29-9-11-33(24)31-23)32-10-3-4-21(16-32)28(34)30-15-20-6-8-25-26(13-20)36-17-35-25/h5-9,11-14,21H,3-4,10,15-17H2,1-2H3,(H,30,34)/t21-/m0/s1. The monoisotopic (exact) mass is 483 g/mol. The van der Waals surface area contributed by atoms with Crippen LogP contribution in [-0.4, -0.2) is 40.4 Å². The number of fused-ring (bicyclic) bond motifs is 2. The minimum atomic E-state index is -0.100. The molecule has 1 atom stereocenters. The van der Waals surface area contributed by atoms with Crippen LogP contribution in [0.15, 0.2) is 54.9 Å². The Morgan fingerprint density at radius 1 is 1.11 bits per heavy atom. The highest BCUT2D eigenvalue weighted by Gasteiger charge is 2.28. The quantitative estimate of drug-likeness (QED) is 0.457. The van der Waals surface area contributed by atoms with Gasteiger partial charge in [0.05, 0.1) is 11.6 Å². The smallest absolute Gasteiger partial charge is 0.231 e. The van der Waals surface area contributed by atoms with E-state index in [9.17, 15) is 4.79 Å². The molecule has 2 aromatic carbocycles. The minimum Gasteiger partial charge on any atom is -0.454 e. The Balaban J connectivity index is 1.18. The third-order valence-electron chi connectivity index (χ3n) is 7.02. The molecule has 1 N–H and O–H groups in total. The Morgan fingerprint density at radius 2 is 2.00 bits per heavy atom. The normalized spacial score (nSPS) is 16.9. The van der Waals surface area contributed by atoms with Crippen molar-refractivity contribution in [3.63, 3.8) is 0 Å². The van der Waals surface area contributed by atoms with Gasteiger partial charge in [0.15, 0.2) is 17.3 Å². The molecule has 1 saturated heterocycles. The van der Waals surface area contributed by atoms with E-state index in [-0.39, 0.29) is 18.6 Å². The van der Waals surface area contributed by atoms with Gasteiger partial charge < -0.3 is 19.7 Å². The third-order valence-corrected chi connectivity index (χ3v) is 7.02. The van der Waals surface area contributed by atoms with Gasteiger partial charge >= 0.3 is 0 Å². The van der Waals surface area contributed by atoms with E-state index in [0.717, 1.165) is 59.0 Å². The molecule has 0 spiro atoms. The highest BCUT2D eigenvalue weighted by Crippen LogP contribution is 2.33. The Labute approximate surface area is 209 Å². The second kappa shape index (κ2) is 9.18. The summed E-state index contributed by atoms with van der Waals surface area (Å²) in [7, 11) is 0. The van der Waals surface area contributed by atoms with E-state index in [4.69, 9.17) is 19.6 Å². The Hall–Kier alpha value is -4.07. The number of nitrogens with one attached hydrogen (secondary N) is 1. The summed E-state index contributed by atoms with van der Waals surface area (Å²) in [6, 6.07) is 14.3. The van der Waals surface area contributed by atoms with E-state index in [1.807, 2.05) is 28.9 Å². The van der Waals surface area contributed by atoms with Crippen molar-refractivity contribution < 1.29 is 14.3 Å². The van der Waals surface area contributed by atoms with Crippen molar-refractivity contribution >= 4 is 17.2 Å². The van der Waals surface area contributed by atoms with Crippen molar-refractivity contribution in [1.29, 1.82) is 0 Å². The molecule has 8 nitrogen and oxygen atoms in total. The molecular formula is C28H29N5O3. The van der Waals surface area contributed by atoms with Gasteiger partial charge in [0.25, 0.3) is 0 Å². The fraction of sp³-hybridized carbons (Fsp3) is 0.321. The SMILES string of the molecule is Cc1ccc(-c2cc3c(N4CCC[C@H](C(=O)NCc5ccc6c(c5)OCO6)C4)nccn3n2)c(C)c1. The number of hydrogen-bond acceptors (Lipinski definition) is 6. The number of anilines is 1. The first-order chi connectivity index (χ1) is 17.5. The van der Waals surface area contributed by atoms with Crippen molar-refractivity contribution in [3.05, 3.63) is 71.5 Å². The summed E-state index contributed by atoms with van der Waals surface area (Å²) >= 11 is 0. The van der Waals surface area contributed by atoms with E-state index in [2.05, 4.69) is 48.3 Å². The molecule has 0 unspecified atom stereocenters. The first kappa shape index (κ1) is 22.4. The second-order valence-corrected chi connectivity index (χ2v) is 9.62. The fourth-order valence-corrected chi connectivity index (χ4v) is 5.15. The number of aryl methyl sites for hydroxylation is 2. The van der Waals surface area contributed by atoms with Crippen LogP contribution in [0.4, 0.5) is 5.82 Å². The van der Waals surface area contributed by atoms with E-state index in [0.29, 0.717) is 13.1 Å². The van der Waals surface area contributed by atoms with Gasteiger partial charge in [-0.25, -0.2) is 9.50 Å². The van der Waals surface area contributed by atoms with Crippen LogP contribution in [0.3, 0.4) is 0 Å². The average molecular weight is 484 g/mol. The lowest BCUT2D eigenvalue weighted by Crippen LogP contribution is -2.43. The molecular weight excluding hydrogens is 454 g/mol. The Bertz CT molecular complexity index is 1450. The van der Waals surface area contributed by atoms with Gasteiger partial charge in [-0.2, -0.15) is 5.10 Å². The molecule has 4 heterocycles. The van der Waals surface area contributed by atoms with Crippen LogP contribution in [0.1, 0.15) is 29.5 Å². The van der Waals surface area contributed by atoms with Gasteiger partial charge in [-0.05, 0) is 56.0 Å². The largest absolute Gasteiger partial charge is 0.454 e. The Kier molecular flexibility index (Phi) is 5.71. The number of rotatable bonds is 5. The number of amides is 1. The van der Waals surface area contributed by atoms with E-state index in [1.165, 1.54) is 11.1 Å². The predicted octanol–water partition coefficient (Wildman–Crippen LogP) is 4.27. The first-order valence-corrected chi connectivity index (χ1v) is 12.4. The van der Waals surface area contributed by atoms with Crippen LogP contribution in [0.2, 0.25) is 0 Å². The van der Waals surface area contributed by atoms with E-state index in [1.54, 1.807) is 6.20 Å². The summed E-state index contributed by atoms with van der Waals surface area (Å²) in [4.78, 5) is 20.0. The molecule has 2 aromatic heterocycles. The number of nitrogens with zero attached hydrogens (tertiary/aromatic N) is 4. The van der Waals surface area contributed by atoms with Gasteiger partial charge in [0, 0.05) is 37.6 Å². The maximum atomic E-state index is 13.1. The summed E-state index contributed by atoms with van der Waals surface area (Å²) in [6.07, 6.45) is 5.46. The number of carbonyl (C=O) groups is 1. The van der Waals surface area contributed by atoms with Crippen LogP contribution in [0, 0.1) is 19.8 Å².